The summed E-state index contributed by atoms with van der Waals surface area (Å²) in [5.41, 5.74) is 15.3. The van der Waals surface area contributed by atoms with E-state index in [1.165, 1.54) is 88.0 Å². The molecule has 61 heavy (non-hydrogen) atoms. The molecule has 11 rings (SSSR count). The Kier molecular flexibility index (Phi) is 9.26. The second-order valence-electron chi connectivity index (χ2n) is 15.7. The van der Waals surface area contributed by atoms with E-state index in [1.54, 1.807) is 0 Å². The summed E-state index contributed by atoms with van der Waals surface area (Å²) in [5.74, 6) is 0. The summed E-state index contributed by atoms with van der Waals surface area (Å²) in [7, 11) is 0. The Morgan fingerprint density at radius 1 is 0.197 bits per heavy atom. The van der Waals surface area contributed by atoms with E-state index in [0.717, 1.165) is 17.1 Å². The summed E-state index contributed by atoms with van der Waals surface area (Å²) in [4.78, 5) is 2.39. The van der Waals surface area contributed by atoms with Crippen LogP contribution in [-0.2, 0) is 0 Å². The van der Waals surface area contributed by atoms with Crippen LogP contribution in [0.4, 0.5) is 17.1 Å². The maximum Gasteiger partial charge on any atom is 0.0468 e. The van der Waals surface area contributed by atoms with Gasteiger partial charge in [-0.2, -0.15) is 0 Å². The SMILES string of the molecule is c1ccc(-c2ccc(N(c3ccc(-c4cccc5ccccc45)cc3)c3ccc(-c4cccc5ccccc45)cc3)cc2-c2ccc(-c3cccc4ccccc34)cc2)cc1. The van der Waals surface area contributed by atoms with Gasteiger partial charge in [-0.15, -0.1) is 0 Å². The molecule has 0 aromatic heterocycles. The van der Waals surface area contributed by atoms with Crippen LogP contribution in [0.5, 0.6) is 0 Å². The summed E-state index contributed by atoms with van der Waals surface area (Å²) in [5, 5.41) is 7.51. The van der Waals surface area contributed by atoms with Crippen LogP contribution in [0.25, 0.3) is 88.0 Å². The fraction of sp³-hybridized carbons (Fsp3) is 0. The van der Waals surface area contributed by atoms with Gasteiger partial charge in [0, 0.05) is 17.1 Å². The molecular formula is C60H41N. The van der Waals surface area contributed by atoms with Crippen molar-refractivity contribution in [1.29, 1.82) is 0 Å². The summed E-state index contributed by atoms with van der Waals surface area (Å²) in [6.07, 6.45) is 0. The van der Waals surface area contributed by atoms with E-state index >= 15 is 0 Å². The largest absolute Gasteiger partial charge is 0.310 e. The van der Waals surface area contributed by atoms with Gasteiger partial charge < -0.3 is 4.90 Å². The van der Waals surface area contributed by atoms with Gasteiger partial charge in [-0.25, -0.2) is 0 Å². The van der Waals surface area contributed by atoms with E-state index < -0.39 is 0 Å². The third-order valence-corrected chi connectivity index (χ3v) is 12.1. The van der Waals surface area contributed by atoms with Crippen LogP contribution in [0.3, 0.4) is 0 Å². The number of hydrogen-bond donors (Lipinski definition) is 0. The number of nitrogens with zero attached hydrogens (tertiary/aromatic N) is 1. The molecule has 11 aromatic rings. The van der Waals surface area contributed by atoms with E-state index in [1.807, 2.05) is 0 Å². The highest BCUT2D eigenvalue weighted by molar-refractivity contribution is 6.00. The quantitative estimate of drug-likeness (QED) is 0.149. The normalized spacial score (nSPS) is 11.3. The summed E-state index contributed by atoms with van der Waals surface area (Å²) < 4.78 is 0. The number of anilines is 3. The van der Waals surface area contributed by atoms with Crippen LogP contribution in [0.15, 0.2) is 249 Å². The third-order valence-electron chi connectivity index (χ3n) is 12.1. The number of fused-ring (bicyclic) bond motifs is 3. The Balaban J connectivity index is 1.05. The molecule has 286 valence electrons. The van der Waals surface area contributed by atoms with Gasteiger partial charge in [-0.05, 0) is 124 Å². The molecule has 0 heterocycles. The average molecular weight is 776 g/mol. The first-order valence-electron chi connectivity index (χ1n) is 21.0. The van der Waals surface area contributed by atoms with Crippen LogP contribution in [0.2, 0.25) is 0 Å². The van der Waals surface area contributed by atoms with Crippen molar-refractivity contribution in [3.63, 3.8) is 0 Å². The zero-order chi connectivity index (χ0) is 40.5. The second-order valence-corrected chi connectivity index (χ2v) is 15.7. The van der Waals surface area contributed by atoms with Crippen LogP contribution >= 0.6 is 0 Å². The molecule has 1 nitrogen and oxygen atoms in total. The van der Waals surface area contributed by atoms with Crippen molar-refractivity contribution in [3.05, 3.63) is 249 Å². The van der Waals surface area contributed by atoms with Gasteiger partial charge in [-0.3, -0.25) is 0 Å². The lowest BCUT2D eigenvalue weighted by atomic mass is 9.91. The van der Waals surface area contributed by atoms with Crippen molar-refractivity contribution in [1.82, 2.24) is 0 Å². The standard InChI is InChI=1S/C60H41N/c1-2-13-42(14-3-1)59-40-39-52(41-60(59)49-29-27-46(28-30-49)56-24-10-18-43-15-4-7-21-53(43)56)61(50-35-31-47(32-36-50)57-25-11-19-44-16-5-8-22-54(44)57)51-37-33-48(34-38-51)58-26-12-20-45-17-6-9-23-55(45)58/h1-41H. The van der Waals surface area contributed by atoms with E-state index in [4.69, 9.17) is 0 Å². The zero-order valence-corrected chi connectivity index (χ0v) is 33.6. The van der Waals surface area contributed by atoms with Crippen molar-refractivity contribution in [3.8, 4) is 55.6 Å². The van der Waals surface area contributed by atoms with Gasteiger partial charge in [0.05, 0.1) is 0 Å². The zero-order valence-electron chi connectivity index (χ0n) is 33.6. The fourth-order valence-corrected chi connectivity index (χ4v) is 9.07. The molecule has 0 saturated heterocycles. The molecule has 0 aliphatic carbocycles. The van der Waals surface area contributed by atoms with E-state index in [2.05, 4.69) is 254 Å². The lowest BCUT2D eigenvalue weighted by Crippen LogP contribution is -2.10. The second kappa shape index (κ2) is 15.6. The Morgan fingerprint density at radius 3 is 0.967 bits per heavy atom. The first kappa shape index (κ1) is 36.1. The third kappa shape index (κ3) is 6.83. The summed E-state index contributed by atoms with van der Waals surface area (Å²) in [6.45, 7) is 0. The minimum atomic E-state index is 1.09. The Morgan fingerprint density at radius 2 is 0.525 bits per heavy atom. The molecular weight excluding hydrogens is 735 g/mol. The molecule has 0 amide bonds. The van der Waals surface area contributed by atoms with Crippen molar-refractivity contribution < 1.29 is 0 Å². The number of benzene rings is 11. The van der Waals surface area contributed by atoms with E-state index in [-0.39, 0.29) is 0 Å². The van der Waals surface area contributed by atoms with Gasteiger partial charge in [-0.1, -0.05) is 212 Å². The van der Waals surface area contributed by atoms with Gasteiger partial charge in [0.2, 0.25) is 0 Å². The Labute approximate surface area is 357 Å². The predicted molar refractivity (Wildman–Crippen MR) is 261 cm³/mol. The van der Waals surface area contributed by atoms with Crippen LogP contribution < -0.4 is 4.90 Å². The first-order chi connectivity index (χ1) is 30.2. The molecule has 11 aromatic carbocycles. The topological polar surface area (TPSA) is 3.24 Å². The molecule has 0 N–H and O–H groups in total. The van der Waals surface area contributed by atoms with Crippen LogP contribution in [0, 0.1) is 0 Å². The Hall–Kier alpha value is -8.00. The maximum atomic E-state index is 2.39. The van der Waals surface area contributed by atoms with E-state index in [0.29, 0.717) is 0 Å². The smallest absolute Gasteiger partial charge is 0.0468 e. The van der Waals surface area contributed by atoms with Crippen molar-refractivity contribution in [2.24, 2.45) is 0 Å². The van der Waals surface area contributed by atoms with Gasteiger partial charge >= 0.3 is 0 Å². The van der Waals surface area contributed by atoms with Gasteiger partial charge in [0.25, 0.3) is 0 Å². The lowest BCUT2D eigenvalue weighted by Gasteiger charge is -2.27. The molecule has 0 unspecified atom stereocenters. The average Bonchev–Trinajstić information content (AvgIpc) is 3.34. The number of rotatable bonds is 8. The van der Waals surface area contributed by atoms with Crippen LogP contribution in [0.1, 0.15) is 0 Å². The highest BCUT2D eigenvalue weighted by Crippen LogP contribution is 2.43. The number of hydrogen-bond acceptors (Lipinski definition) is 1. The molecule has 0 saturated carbocycles. The van der Waals surface area contributed by atoms with Crippen molar-refractivity contribution >= 4 is 49.4 Å². The molecule has 0 aliphatic rings. The maximum absolute atomic E-state index is 2.39. The molecule has 0 bridgehead atoms. The molecule has 0 radical (unpaired) electrons. The van der Waals surface area contributed by atoms with Gasteiger partial charge in [0.1, 0.15) is 0 Å². The summed E-state index contributed by atoms with van der Waals surface area (Å²) in [6, 6.07) is 90.5. The highest BCUT2D eigenvalue weighted by Gasteiger charge is 2.18. The van der Waals surface area contributed by atoms with Crippen molar-refractivity contribution in [2.75, 3.05) is 4.90 Å². The Bertz CT molecular complexity index is 3190. The molecule has 0 fully saturated rings. The molecule has 0 aliphatic heterocycles. The highest BCUT2D eigenvalue weighted by atomic mass is 15.1. The predicted octanol–water partition coefficient (Wildman–Crippen LogP) is 17.0. The van der Waals surface area contributed by atoms with Gasteiger partial charge in [0.15, 0.2) is 0 Å². The van der Waals surface area contributed by atoms with Crippen molar-refractivity contribution in [2.45, 2.75) is 0 Å². The lowest BCUT2D eigenvalue weighted by molar-refractivity contribution is 1.28. The monoisotopic (exact) mass is 775 g/mol. The minimum absolute atomic E-state index is 1.09. The fourth-order valence-electron chi connectivity index (χ4n) is 9.07. The van der Waals surface area contributed by atoms with E-state index in [9.17, 15) is 0 Å². The summed E-state index contributed by atoms with van der Waals surface area (Å²) >= 11 is 0. The minimum Gasteiger partial charge on any atom is -0.310 e. The van der Waals surface area contributed by atoms with Crippen LogP contribution in [-0.4, -0.2) is 0 Å². The first-order valence-corrected chi connectivity index (χ1v) is 21.0. The molecule has 1 heteroatoms. The molecule has 0 spiro atoms. The molecule has 0 atom stereocenters.